The van der Waals surface area contributed by atoms with Crippen LogP contribution < -0.4 is 10.1 Å². The highest BCUT2D eigenvalue weighted by Crippen LogP contribution is 2.23. The molecule has 1 amide bonds. The Balaban J connectivity index is 2.01. The first-order valence-electron chi connectivity index (χ1n) is 7.33. The summed E-state index contributed by atoms with van der Waals surface area (Å²) in [6.45, 7) is 6.34. The van der Waals surface area contributed by atoms with Gasteiger partial charge in [-0.3, -0.25) is 9.78 Å². The largest absolute Gasteiger partial charge is 0.496 e. The van der Waals surface area contributed by atoms with E-state index in [4.69, 9.17) is 4.74 Å². The molecule has 0 saturated carbocycles. The summed E-state index contributed by atoms with van der Waals surface area (Å²) in [5, 5.41) is 2.93. The number of benzene rings is 1. The van der Waals surface area contributed by atoms with E-state index in [0.29, 0.717) is 13.0 Å². The molecule has 2 rings (SSSR count). The summed E-state index contributed by atoms with van der Waals surface area (Å²) in [5.41, 5.74) is 4.98. The Morgan fingerprint density at radius 2 is 1.91 bits per heavy atom. The lowest BCUT2D eigenvalue weighted by atomic mass is 10.1. The van der Waals surface area contributed by atoms with Gasteiger partial charge in [0.05, 0.1) is 25.8 Å². The van der Waals surface area contributed by atoms with Gasteiger partial charge < -0.3 is 10.1 Å². The molecule has 0 atom stereocenters. The van der Waals surface area contributed by atoms with Gasteiger partial charge in [0.25, 0.3) is 0 Å². The molecule has 4 heteroatoms. The molecule has 0 unspecified atom stereocenters. The van der Waals surface area contributed by atoms with Crippen LogP contribution in [0, 0.1) is 20.8 Å². The maximum Gasteiger partial charge on any atom is 0.224 e. The van der Waals surface area contributed by atoms with E-state index in [-0.39, 0.29) is 5.91 Å². The third-order valence-corrected chi connectivity index (χ3v) is 3.82. The lowest BCUT2D eigenvalue weighted by Gasteiger charge is -2.13. The third kappa shape index (κ3) is 3.64. The molecule has 0 radical (unpaired) electrons. The minimum atomic E-state index is -0.00459. The highest BCUT2D eigenvalue weighted by molar-refractivity contribution is 5.78. The Hall–Kier alpha value is -2.36. The SMILES string of the molecule is COc1c(C)cnc(CNC(=O)Cc2ccccc2C)c1C. The molecule has 1 N–H and O–H groups in total. The van der Waals surface area contributed by atoms with E-state index in [9.17, 15) is 4.79 Å². The zero-order chi connectivity index (χ0) is 16.1. The fourth-order valence-electron chi connectivity index (χ4n) is 2.48. The van der Waals surface area contributed by atoms with Crippen LogP contribution in [0.5, 0.6) is 5.75 Å². The van der Waals surface area contributed by atoms with Crippen molar-refractivity contribution in [3.05, 3.63) is 58.4 Å². The predicted molar refractivity (Wildman–Crippen MR) is 87.0 cm³/mol. The number of hydrogen-bond acceptors (Lipinski definition) is 3. The standard InChI is InChI=1S/C18H22N2O2/c1-12-7-5-6-8-15(12)9-17(21)20-11-16-14(3)18(22-4)13(2)10-19-16/h5-8,10H,9,11H2,1-4H3,(H,20,21). The number of hydrogen-bond donors (Lipinski definition) is 1. The van der Waals surface area contributed by atoms with Gasteiger partial charge in [0.15, 0.2) is 0 Å². The van der Waals surface area contributed by atoms with E-state index < -0.39 is 0 Å². The zero-order valence-corrected chi connectivity index (χ0v) is 13.6. The first kappa shape index (κ1) is 16.0. The first-order chi connectivity index (χ1) is 10.5. The normalized spacial score (nSPS) is 10.4. The summed E-state index contributed by atoms with van der Waals surface area (Å²) < 4.78 is 5.38. The molecule has 116 valence electrons. The highest BCUT2D eigenvalue weighted by Gasteiger charge is 2.11. The molecule has 4 nitrogen and oxygen atoms in total. The Morgan fingerprint density at radius 3 is 2.59 bits per heavy atom. The van der Waals surface area contributed by atoms with Crippen molar-refractivity contribution in [2.24, 2.45) is 0 Å². The molecule has 0 aliphatic rings. The van der Waals surface area contributed by atoms with Gasteiger partial charge in [-0.2, -0.15) is 0 Å². The Bertz CT molecular complexity index is 681. The second-order valence-electron chi connectivity index (χ2n) is 5.43. The number of rotatable bonds is 5. The average Bonchev–Trinajstić information content (AvgIpc) is 2.49. The van der Waals surface area contributed by atoms with Crippen molar-refractivity contribution >= 4 is 5.91 Å². The van der Waals surface area contributed by atoms with Crippen molar-refractivity contribution in [3.63, 3.8) is 0 Å². The van der Waals surface area contributed by atoms with Gasteiger partial charge in [-0.05, 0) is 31.9 Å². The van der Waals surface area contributed by atoms with Gasteiger partial charge in [0.1, 0.15) is 5.75 Å². The molecule has 22 heavy (non-hydrogen) atoms. The molecule has 0 aliphatic carbocycles. The van der Waals surface area contributed by atoms with E-state index in [1.807, 2.05) is 45.0 Å². The van der Waals surface area contributed by atoms with E-state index >= 15 is 0 Å². The summed E-state index contributed by atoms with van der Waals surface area (Å²) in [5.74, 6) is 0.827. The maximum absolute atomic E-state index is 12.1. The van der Waals surface area contributed by atoms with Crippen LogP contribution in [-0.4, -0.2) is 18.0 Å². The Labute approximate surface area is 131 Å². The number of nitrogens with zero attached hydrogens (tertiary/aromatic N) is 1. The van der Waals surface area contributed by atoms with Crippen molar-refractivity contribution in [2.45, 2.75) is 33.7 Å². The smallest absolute Gasteiger partial charge is 0.224 e. The second kappa shape index (κ2) is 7.07. The fraction of sp³-hybridized carbons (Fsp3) is 0.333. The minimum Gasteiger partial charge on any atom is -0.496 e. The van der Waals surface area contributed by atoms with E-state index in [1.165, 1.54) is 0 Å². The van der Waals surface area contributed by atoms with Crippen LogP contribution in [0.4, 0.5) is 0 Å². The number of nitrogens with one attached hydrogen (secondary N) is 1. The molecule has 1 aromatic carbocycles. The van der Waals surface area contributed by atoms with E-state index in [1.54, 1.807) is 13.3 Å². The molecule has 1 aromatic heterocycles. The zero-order valence-electron chi connectivity index (χ0n) is 13.6. The fourth-order valence-corrected chi connectivity index (χ4v) is 2.48. The van der Waals surface area contributed by atoms with Gasteiger partial charge in [-0.25, -0.2) is 0 Å². The topological polar surface area (TPSA) is 51.2 Å². The van der Waals surface area contributed by atoms with Gasteiger partial charge in [-0.15, -0.1) is 0 Å². The number of methoxy groups -OCH3 is 1. The van der Waals surface area contributed by atoms with Gasteiger partial charge in [0, 0.05) is 17.3 Å². The number of carbonyl (C=O) groups is 1. The highest BCUT2D eigenvalue weighted by atomic mass is 16.5. The first-order valence-corrected chi connectivity index (χ1v) is 7.33. The van der Waals surface area contributed by atoms with Crippen LogP contribution in [0.25, 0.3) is 0 Å². The summed E-state index contributed by atoms with van der Waals surface area (Å²) in [4.78, 5) is 16.5. The van der Waals surface area contributed by atoms with Crippen molar-refractivity contribution in [3.8, 4) is 5.75 Å². The Kier molecular flexibility index (Phi) is 5.15. The summed E-state index contributed by atoms with van der Waals surface area (Å²) >= 11 is 0. The average molecular weight is 298 g/mol. The van der Waals surface area contributed by atoms with Gasteiger partial charge >= 0.3 is 0 Å². The molecule has 2 aromatic rings. The number of amides is 1. The van der Waals surface area contributed by atoms with Crippen molar-refractivity contribution in [1.29, 1.82) is 0 Å². The van der Waals surface area contributed by atoms with Gasteiger partial charge in [-0.1, -0.05) is 24.3 Å². The quantitative estimate of drug-likeness (QED) is 0.923. The van der Waals surface area contributed by atoms with E-state index in [2.05, 4.69) is 10.3 Å². The number of carbonyl (C=O) groups excluding carboxylic acids is 1. The van der Waals surface area contributed by atoms with E-state index in [0.717, 1.165) is 33.7 Å². The van der Waals surface area contributed by atoms with Crippen LogP contribution in [0.3, 0.4) is 0 Å². The molecule has 0 spiro atoms. The summed E-state index contributed by atoms with van der Waals surface area (Å²) in [6, 6.07) is 7.92. The number of pyridine rings is 1. The predicted octanol–water partition coefficient (Wildman–Crippen LogP) is 2.87. The monoisotopic (exact) mass is 298 g/mol. The minimum absolute atomic E-state index is 0.00459. The van der Waals surface area contributed by atoms with Crippen LogP contribution in [-0.2, 0) is 17.8 Å². The number of ether oxygens (including phenoxy) is 1. The molecule has 1 heterocycles. The molecule has 0 saturated heterocycles. The Morgan fingerprint density at radius 1 is 1.18 bits per heavy atom. The van der Waals surface area contributed by atoms with Gasteiger partial charge in [0.2, 0.25) is 5.91 Å². The summed E-state index contributed by atoms with van der Waals surface area (Å²) in [7, 11) is 1.65. The molecule has 0 fully saturated rings. The third-order valence-electron chi connectivity index (χ3n) is 3.82. The lowest BCUT2D eigenvalue weighted by molar-refractivity contribution is -0.120. The molecular formula is C18H22N2O2. The van der Waals surface area contributed by atoms with Crippen molar-refractivity contribution in [2.75, 3.05) is 7.11 Å². The molecule has 0 aliphatic heterocycles. The van der Waals surface area contributed by atoms with Crippen LogP contribution >= 0.6 is 0 Å². The second-order valence-corrected chi connectivity index (χ2v) is 5.43. The lowest BCUT2D eigenvalue weighted by Crippen LogP contribution is -2.25. The van der Waals surface area contributed by atoms with Crippen LogP contribution in [0.2, 0.25) is 0 Å². The number of aryl methyl sites for hydroxylation is 2. The maximum atomic E-state index is 12.1. The molecular weight excluding hydrogens is 276 g/mol. The summed E-state index contributed by atoms with van der Waals surface area (Å²) in [6.07, 6.45) is 2.16. The van der Waals surface area contributed by atoms with Crippen LogP contribution in [0.15, 0.2) is 30.5 Å². The van der Waals surface area contributed by atoms with Crippen LogP contribution in [0.1, 0.15) is 27.9 Å². The molecule has 0 bridgehead atoms. The van der Waals surface area contributed by atoms with Crippen molar-refractivity contribution in [1.82, 2.24) is 10.3 Å². The number of aromatic nitrogens is 1. The van der Waals surface area contributed by atoms with Crippen molar-refractivity contribution < 1.29 is 9.53 Å².